The van der Waals surface area contributed by atoms with Crippen molar-refractivity contribution < 1.29 is 0 Å². The number of hydrogen-bond acceptors (Lipinski definition) is 3. The van der Waals surface area contributed by atoms with Crippen LogP contribution >= 0.6 is 0 Å². The van der Waals surface area contributed by atoms with Crippen LogP contribution in [-0.2, 0) is 6.54 Å². The molecule has 0 amide bonds. The lowest BCUT2D eigenvalue weighted by Gasteiger charge is -2.04. The van der Waals surface area contributed by atoms with Crippen molar-refractivity contribution in [1.82, 2.24) is 9.97 Å². The second kappa shape index (κ2) is 5.60. The van der Waals surface area contributed by atoms with Crippen molar-refractivity contribution in [3.8, 4) is 0 Å². The molecule has 86 valence electrons. The van der Waals surface area contributed by atoms with Gasteiger partial charge in [-0.05, 0) is 18.2 Å². The zero-order valence-corrected chi connectivity index (χ0v) is 9.24. The fraction of sp³-hybridized carbons (Fsp3) is 0.0833. The van der Waals surface area contributed by atoms with Crippen molar-refractivity contribution in [1.29, 1.82) is 0 Å². The minimum Gasteiger partial charge on any atom is -0.370 e. The number of benzene rings is 1. The van der Waals surface area contributed by atoms with Gasteiger partial charge in [0.05, 0.1) is 12.2 Å². The monoisotopic (exact) mass is 227 g/mol. The second-order valence-electron chi connectivity index (χ2n) is 3.39. The fourth-order valence-corrected chi connectivity index (χ4v) is 1.29. The number of para-hydroxylation sites is 1. The van der Waals surface area contributed by atoms with Crippen LogP contribution in [-0.4, -0.2) is 15.9 Å². The molecule has 0 bridgehead atoms. The third-order valence-electron chi connectivity index (χ3n) is 2.10. The zero-order chi connectivity index (χ0) is 11.9. The number of hydrogen-bond donors (Lipinski definition) is 2. The van der Waals surface area contributed by atoms with Crippen LogP contribution < -0.4 is 11.1 Å². The van der Waals surface area contributed by atoms with Gasteiger partial charge in [-0.1, -0.05) is 18.2 Å². The molecule has 0 saturated heterocycles. The van der Waals surface area contributed by atoms with E-state index in [0.29, 0.717) is 12.5 Å². The van der Waals surface area contributed by atoms with Crippen LogP contribution in [0.5, 0.6) is 0 Å². The Kier molecular flexibility index (Phi) is 3.64. The van der Waals surface area contributed by atoms with E-state index in [1.54, 1.807) is 12.3 Å². The molecule has 3 N–H and O–H groups in total. The molecule has 0 radical (unpaired) electrons. The summed E-state index contributed by atoms with van der Waals surface area (Å²) in [6.07, 6.45) is 3.17. The van der Waals surface area contributed by atoms with Gasteiger partial charge in [-0.2, -0.15) is 0 Å². The number of nitrogens with zero attached hydrogens (tertiary/aromatic N) is 3. The second-order valence-corrected chi connectivity index (χ2v) is 3.39. The molecule has 0 saturated carbocycles. The molecule has 0 fully saturated rings. The van der Waals surface area contributed by atoms with Crippen molar-refractivity contribution in [2.75, 3.05) is 5.32 Å². The van der Waals surface area contributed by atoms with E-state index in [0.717, 1.165) is 11.4 Å². The summed E-state index contributed by atoms with van der Waals surface area (Å²) in [6.45, 7) is 0.439. The standard InChI is InChI=1S/C12H13N5/c13-12(17-10-4-2-1-3-5-10)15-8-11-6-7-14-9-16-11/h1-7,9H,8H2,(H3,13,15,17). The van der Waals surface area contributed by atoms with E-state index >= 15 is 0 Å². The Balaban J connectivity index is 1.94. The quantitative estimate of drug-likeness (QED) is 0.614. The van der Waals surface area contributed by atoms with E-state index in [-0.39, 0.29) is 0 Å². The molecule has 0 unspecified atom stereocenters. The van der Waals surface area contributed by atoms with Gasteiger partial charge >= 0.3 is 0 Å². The van der Waals surface area contributed by atoms with Gasteiger partial charge in [-0.3, -0.25) is 0 Å². The van der Waals surface area contributed by atoms with Crippen molar-refractivity contribution in [2.24, 2.45) is 10.7 Å². The average molecular weight is 227 g/mol. The molecular weight excluding hydrogens is 214 g/mol. The first-order valence-electron chi connectivity index (χ1n) is 5.21. The molecule has 0 aliphatic carbocycles. The van der Waals surface area contributed by atoms with Crippen LogP contribution in [0.4, 0.5) is 5.69 Å². The van der Waals surface area contributed by atoms with Gasteiger partial charge < -0.3 is 11.1 Å². The molecule has 5 nitrogen and oxygen atoms in total. The number of aromatic nitrogens is 2. The largest absolute Gasteiger partial charge is 0.370 e. The summed E-state index contributed by atoms with van der Waals surface area (Å²) in [5.41, 5.74) is 7.49. The summed E-state index contributed by atoms with van der Waals surface area (Å²) in [6, 6.07) is 11.5. The molecule has 2 aromatic rings. The van der Waals surface area contributed by atoms with E-state index in [1.807, 2.05) is 30.3 Å². The van der Waals surface area contributed by atoms with Crippen LogP contribution in [0.25, 0.3) is 0 Å². The van der Waals surface area contributed by atoms with Crippen molar-refractivity contribution >= 4 is 11.6 Å². The highest BCUT2D eigenvalue weighted by Crippen LogP contribution is 2.04. The molecule has 1 aromatic heterocycles. The van der Waals surface area contributed by atoms with Gasteiger partial charge in [0.1, 0.15) is 6.33 Å². The smallest absolute Gasteiger partial charge is 0.193 e. The Morgan fingerprint density at radius 1 is 1.24 bits per heavy atom. The molecule has 0 spiro atoms. The molecule has 1 aromatic carbocycles. The minimum atomic E-state index is 0.370. The number of aliphatic imine (C=N–C) groups is 1. The third-order valence-corrected chi connectivity index (χ3v) is 2.10. The molecule has 0 aliphatic rings. The Bertz CT molecular complexity index is 481. The highest BCUT2D eigenvalue weighted by Gasteiger charge is 1.94. The number of rotatable bonds is 3. The van der Waals surface area contributed by atoms with Crippen molar-refractivity contribution in [2.45, 2.75) is 6.54 Å². The van der Waals surface area contributed by atoms with Crippen molar-refractivity contribution in [3.63, 3.8) is 0 Å². The molecule has 17 heavy (non-hydrogen) atoms. The molecule has 1 heterocycles. The van der Waals surface area contributed by atoms with Crippen LogP contribution in [0.2, 0.25) is 0 Å². The Morgan fingerprint density at radius 2 is 2.06 bits per heavy atom. The first-order valence-corrected chi connectivity index (χ1v) is 5.21. The summed E-state index contributed by atoms with van der Waals surface area (Å²) < 4.78 is 0. The highest BCUT2D eigenvalue weighted by atomic mass is 15.1. The van der Waals surface area contributed by atoms with E-state index in [1.165, 1.54) is 6.33 Å². The average Bonchev–Trinajstić information content (AvgIpc) is 2.39. The van der Waals surface area contributed by atoms with Gasteiger partial charge in [0, 0.05) is 11.9 Å². The van der Waals surface area contributed by atoms with E-state index in [2.05, 4.69) is 20.3 Å². The van der Waals surface area contributed by atoms with Gasteiger partial charge in [0.2, 0.25) is 0 Å². The maximum absolute atomic E-state index is 5.75. The Labute approximate surface area is 99.4 Å². The number of guanidine groups is 1. The first-order chi connectivity index (χ1) is 8.34. The molecule has 2 rings (SSSR count). The van der Waals surface area contributed by atoms with Gasteiger partial charge in [-0.15, -0.1) is 0 Å². The summed E-state index contributed by atoms with van der Waals surface area (Å²) >= 11 is 0. The summed E-state index contributed by atoms with van der Waals surface area (Å²) in [4.78, 5) is 12.1. The topological polar surface area (TPSA) is 76.2 Å². The summed E-state index contributed by atoms with van der Waals surface area (Å²) in [5, 5.41) is 3.00. The zero-order valence-electron chi connectivity index (χ0n) is 9.24. The van der Waals surface area contributed by atoms with Crippen molar-refractivity contribution in [3.05, 3.63) is 54.6 Å². The SMILES string of the molecule is NC(=NCc1ccncn1)Nc1ccccc1. The lowest BCUT2D eigenvalue weighted by Crippen LogP contribution is -2.22. The molecular formula is C12H13N5. The number of anilines is 1. The maximum Gasteiger partial charge on any atom is 0.193 e. The van der Waals surface area contributed by atoms with Gasteiger partial charge in [0.25, 0.3) is 0 Å². The molecule has 5 heteroatoms. The predicted molar refractivity (Wildman–Crippen MR) is 67.4 cm³/mol. The lowest BCUT2D eigenvalue weighted by atomic mass is 10.3. The molecule has 0 aliphatic heterocycles. The normalized spacial score (nSPS) is 11.2. The van der Waals surface area contributed by atoms with E-state index in [9.17, 15) is 0 Å². The maximum atomic E-state index is 5.75. The number of nitrogens with two attached hydrogens (primary N) is 1. The minimum absolute atomic E-state index is 0.370. The van der Waals surface area contributed by atoms with Gasteiger partial charge in [0.15, 0.2) is 5.96 Å². The van der Waals surface area contributed by atoms with E-state index in [4.69, 9.17) is 5.73 Å². The first kappa shape index (κ1) is 11.1. The number of nitrogens with one attached hydrogen (secondary N) is 1. The molecule has 0 atom stereocenters. The third kappa shape index (κ3) is 3.57. The highest BCUT2D eigenvalue weighted by molar-refractivity contribution is 5.92. The summed E-state index contributed by atoms with van der Waals surface area (Å²) in [5.74, 6) is 0.370. The van der Waals surface area contributed by atoms with Crippen LogP contribution in [0.1, 0.15) is 5.69 Å². The van der Waals surface area contributed by atoms with Crippen LogP contribution in [0.3, 0.4) is 0 Å². The predicted octanol–water partition coefficient (Wildman–Crippen LogP) is 1.40. The van der Waals surface area contributed by atoms with Crippen LogP contribution in [0, 0.1) is 0 Å². The van der Waals surface area contributed by atoms with Crippen LogP contribution in [0.15, 0.2) is 53.9 Å². The lowest BCUT2D eigenvalue weighted by molar-refractivity contribution is 0.960. The van der Waals surface area contributed by atoms with E-state index < -0.39 is 0 Å². The Morgan fingerprint density at radius 3 is 2.76 bits per heavy atom. The van der Waals surface area contributed by atoms with Gasteiger partial charge in [-0.25, -0.2) is 15.0 Å². The summed E-state index contributed by atoms with van der Waals surface area (Å²) in [7, 11) is 0. The fourth-order valence-electron chi connectivity index (χ4n) is 1.29. The Hall–Kier alpha value is -2.43.